The van der Waals surface area contributed by atoms with Gasteiger partial charge in [0.05, 0.1) is 0 Å². The largest absolute Gasteiger partial charge is 0.478 e. The number of hydrogen-bond donors (Lipinski definition) is 1. The van der Waals surface area contributed by atoms with Crippen LogP contribution in [-0.2, 0) is 4.79 Å². The highest BCUT2D eigenvalue weighted by molar-refractivity contribution is 5.85. The van der Waals surface area contributed by atoms with Crippen molar-refractivity contribution in [2.24, 2.45) is 0 Å². The van der Waals surface area contributed by atoms with Crippen molar-refractivity contribution in [1.82, 2.24) is 0 Å². The summed E-state index contributed by atoms with van der Waals surface area (Å²) in [7, 11) is 0. The third-order valence-corrected chi connectivity index (χ3v) is 1.45. The maximum Gasteiger partial charge on any atom is 0.328 e. The Morgan fingerprint density at radius 3 is 2.29 bits per heavy atom. The van der Waals surface area contributed by atoms with Gasteiger partial charge in [0.2, 0.25) is 0 Å². The first kappa shape index (κ1) is 10.3. The molecule has 0 aliphatic carbocycles. The van der Waals surface area contributed by atoms with E-state index < -0.39 is 23.4 Å². The summed E-state index contributed by atoms with van der Waals surface area (Å²) in [6, 6.07) is 0.945. The summed E-state index contributed by atoms with van der Waals surface area (Å²) < 4.78 is 37.8. The van der Waals surface area contributed by atoms with E-state index in [1.807, 2.05) is 0 Å². The van der Waals surface area contributed by atoms with Gasteiger partial charge in [0, 0.05) is 17.7 Å². The van der Waals surface area contributed by atoms with Crippen LogP contribution in [0.2, 0.25) is 0 Å². The minimum Gasteiger partial charge on any atom is -0.478 e. The lowest BCUT2D eigenvalue weighted by Crippen LogP contribution is -1.92. The van der Waals surface area contributed by atoms with Crippen LogP contribution >= 0.6 is 0 Å². The van der Waals surface area contributed by atoms with Gasteiger partial charge in [-0.2, -0.15) is 0 Å². The molecule has 1 aromatic carbocycles. The molecule has 0 heterocycles. The number of rotatable bonds is 2. The Balaban J connectivity index is 3.10. The molecule has 1 N–H and O–H groups in total. The average Bonchev–Trinajstić information content (AvgIpc) is 2.09. The molecule has 1 aromatic rings. The van der Waals surface area contributed by atoms with E-state index in [9.17, 15) is 18.0 Å². The van der Waals surface area contributed by atoms with E-state index in [0.717, 1.165) is 6.08 Å². The normalized spacial score (nSPS) is 10.8. The van der Waals surface area contributed by atoms with Crippen LogP contribution < -0.4 is 0 Å². The minimum atomic E-state index is -1.31. The third-order valence-electron chi connectivity index (χ3n) is 1.45. The molecule has 5 heteroatoms. The highest BCUT2D eigenvalue weighted by Crippen LogP contribution is 2.14. The van der Waals surface area contributed by atoms with Crippen LogP contribution in [0.5, 0.6) is 0 Å². The lowest BCUT2D eigenvalue weighted by molar-refractivity contribution is -0.131. The first-order chi connectivity index (χ1) is 6.50. The van der Waals surface area contributed by atoms with Gasteiger partial charge < -0.3 is 5.11 Å². The van der Waals surface area contributed by atoms with Crippen LogP contribution in [0.15, 0.2) is 18.2 Å². The fourth-order valence-electron chi connectivity index (χ4n) is 0.827. The molecule has 0 unspecified atom stereocenters. The van der Waals surface area contributed by atoms with Crippen LogP contribution in [0, 0.1) is 17.5 Å². The lowest BCUT2D eigenvalue weighted by atomic mass is 10.2. The summed E-state index contributed by atoms with van der Waals surface area (Å²) in [6.07, 6.45) is 1.48. The fraction of sp³-hybridized carbons (Fsp3) is 0. The molecule has 14 heavy (non-hydrogen) atoms. The number of hydrogen-bond acceptors (Lipinski definition) is 1. The summed E-state index contributed by atoms with van der Waals surface area (Å²) in [6.45, 7) is 0. The lowest BCUT2D eigenvalue weighted by Gasteiger charge is -1.97. The number of carboxylic acids is 1. The van der Waals surface area contributed by atoms with Gasteiger partial charge in [0.25, 0.3) is 0 Å². The summed E-state index contributed by atoms with van der Waals surface area (Å²) >= 11 is 0. The highest BCUT2D eigenvalue weighted by atomic mass is 19.2. The van der Waals surface area contributed by atoms with E-state index in [1.165, 1.54) is 0 Å². The van der Waals surface area contributed by atoms with Gasteiger partial charge in [-0.3, -0.25) is 0 Å². The SMILES string of the molecule is O=C(O)/C=C\c1cc(F)c(F)cc1F. The molecule has 0 spiro atoms. The van der Waals surface area contributed by atoms with E-state index in [1.54, 1.807) is 0 Å². The summed E-state index contributed by atoms with van der Waals surface area (Å²) in [4.78, 5) is 10.1. The van der Waals surface area contributed by atoms with E-state index >= 15 is 0 Å². The van der Waals surface area contributed by atoms with E-state index in [2.05, 4.69) is 0 Å². The van der Waals surface area contributed by atoms with Crippen molar-refractivity contribution in [3.8, 4) is 0 Å². The average molecular weight is 202 g/mol. The predicted octanol–water partition coefficient (Wildman–Crippen LogP) is 2.20. The molecule has 0 bridgehead atoms. The Morgan fingerprint density at radius 1 is 1.14 bits per heavy atom. The van der Waals surface area contributed by atoms with Gasteiger partial charge >= 0.3 is 5.97 Å². The zero-order valence-electron chi connectivity index (χ0n) is 6.80. The topological polar surface area (TPSA) is 37.3 Å². The monoisotopic (exact) mass is 202 g/mol. The Morgan fingerprint density at radius 2 is 1.71 bits per heavy atom. The molecule has 0 aromatic heterocycles. The van der Waals surface area contributed by atoms with Crippen LogP contribution in [0.4, 0.5) is 13.2 Å². The smallest absolute Gasteiger partial charge is 0.328 e. The van der Waals surface area contributed by atoms with Crippen molar-refractivity contribution < 1.29 is 23.1 Å². The standard InChI is InChI=1S/C9H5F3O2/c10-6-4-8(12)7(11)3-5(6)1-2-9(13)14/h1-4H,(H,13,14)/b2-1-. The summed E-state index contributed by atoms with van der Waals surface area (Å²) in [5, 5.41) is 8.21. The fourth-order valence-corrected chi connectivity index (χ4v) is 0.827. The van der Waals surface area contributed by atoms with Crippen molar-refractivity contribution in [2.45, 2.75) is 0 Å². The van der Waals surface area contributed by atoms with E-state index in [4.69, 9.17) is 5.11 Å². The molecular weight excluding hydrogens is 197 g/mol. The van der Waals surface area contributed by atoms with Gasteiger partial charge in [0.1, 0.15) is 5.82 Å². The van der Waals surface area contributed by atoms with Crippen molar-refractivity contribution in [3.63, 3.8) is 0 Å². The number of benzene rings is 1. The first-order valence-electron chi connectivity index (χ1n) is 3.56. The molecule has 0 saturated carbocycles. The molecule has 0 atom stereocenters. The molecule has 0 amide bonds. The second-order valence-corrected chi connectivity index (χ2v) is 2.46. The summed E-state index contributed by atoms with van der Waals surface area (Å²) in [5.74, 6) is -4.85. The summed E-state index contributed by atoms with van der Waals surface area (Å²) in [5.41, 5.74) is -0.314. The highest BCUT2D eigenvalue weighted by Gasteiger charge is 2.07. The Hall–Kier alpha value is -1.78. The minimum absolute atomic E-state index is 0.314. The predicted molar refractivity (Wildman–Crippen MR) is 43.0 cm³/mol. The Bertz CT molecular complexity index is 399. The van der Waals surface area contributed by atoms with Crippen molar-refractivity contribution in [1.29, 1.82) is 0 Å². The molecule has 2 nitrogen and oxygen atoms in total. The van der Waals surface area contributed by atoms with Crippen molar-refractivity contribution in [2.75, 3.05) is 0 Å². The van der Waals surface area contributed by atoms with Gasteiger partial charge in [-0.15, -0.1) is 0 Å². The third kappa shape index (κ3) is 2.35. The van der Waals surface area contributed by atoms with Gasteiger partial charge in [-0.05, 0) is 12.1 Å². The molecule has 1 rings (SSSR count). The van der Waals surface area contributed by atoms with E-state index in [0.29, 0.717) is 18.2 Å². The van der Waals surface area contributed by atoms with Crippen LogP contribution in [0.1, 0.15) is 5.56 Å². The molecule has 0 radical (unpaired) electrons. The number of aliphatic carboxylic acids is 1. The van der Waals surface area contributed by atoms with Crippen LogP contribution in [-0.4, -0.2) is 11.1 Å². The Labute approximate surface area is 77.3 Å². The maximum absolute atomic E-state index is 12.8. The molecule has 74 valence electrons. The zero-order valence-corrected chi connectivity index (χ0v) is 6.80. The first-order valence-corrected chi connectivity index (χ1v) is 3.56. The second kappa shape index (κ2) is 3.95. The van der Waals surface area contributed by atoms with Crippen molar-refractivity contribution >= 4 is 12.0 Å². The Kier molecular flexibility index (Phi) is 2.91. The number of carbonyl (C=O) groups is 1. The maximum atomic E-state index is 12.8. The quantitative estimate of drug-likeness (QED) is 0.589. The van der Waals surface area contributed by atoms with Gasteiger partial charge in [0.15, 0.2) is 11.6 Å². The molecular formula is C9H5F3O2. The van der Waals surface area contributed by atoms with E-state index in [-0.39, 0.29) is 5.56 Å². The second-order valence-electron chi connectivity index (χ2n) is 2.46. The van der Waals surface area contributed by atoms with Crippen LogP contribution in [0.3, 0.4) is 0 Å². The van der Waals surface area contributed by atoms with Gasteiger partial charge in [-0.25, -0.2) is 18.0 Å². The molecule has 0 aliphatic rings. The van der Waals surface area contributed by atoms with Crippen LogP contribution in [0.25, 0.3) is 6.08 Å². The molecule has 0 fully saturated rings. The van der Waals surface area contributed by atoms with Crippen molar-refractivity contribution in [3.05, 3.63) is 41.2 Å². The molecule has 0 saturated heterocycles. The zero-order chi connectivity index (χ0) is 10.7. The number of carboxylic acid groups (broad SMARTS) is 1. The van der Waals surface area contributed by atoms with Gasteiger partial charge in [-0.1, -0.05) is 0 Å². The number of halogens is 3. The molecule has 0 aliphatic heterocycles.